The summed E-state index contributed by atoms with van der Waals surface area (Å²) in [5.41, 5.74) is 4.00. The van der Waals surface area contributed by atoms with Crippen molar-refractivity contribution in [3.63, 3.8) is 0 Å². The van der Waals surface area contributed by atoms with Crippen molar-refractivity contribution in [3.8, 4) is 11.4 Å². The molecule has 1 aromatic heterocycles. The molecule has 0 fully saturated rings. The number of aryl methyl sites for hydroxylation is 1. The lowest BCUT2D eigenvalue weighted by Gasteiger charge is -2.13. The molecule has 0 aliphatic heterocycles. The number of nitrogens with one attached hydrogen (secondary N) is 1. The lowest BCUT2D eigenvalue weighted by molar-refractivity contribution is -0.113. The third-order valence-corrected chi connectivity index (χ3v) is 5.48. The van der Waals surface area contributed by atoms with Gasteiger partial charge in [0.2, 0.25) is 5.91 Å². The van der Waals surface area contributed by atoms with E-state index in [9.17, 15) is 4.79 Å². The quantitative estimate of drug-likeness (QED) is 0.527. The lowest BCUT2D eigenvalue weighted by atomic mass is 10.1. The zero-order valence-corrected chi connectivity index (χ0v) is 18.6. The average Bonchev–Trinajstić information content (AvgIpc) is 3.14. The smallest absolute Gasteiger partial charge is 0.234 e. The molecular formula is C22H27N5O2S. The van der Waals surface area contributed by atoms with E-state index in [1.807, 2.05) is 73.0 Å². The minimum Gasteiger partial charge on any atom is -0.383 e. The van der Waals surface area contributed by atoms with Gasteiger partial charge in [-0.2, -0.15) is 0 Å². The first-order chi connectivity index (χ1) is 14.5. The van der Waals surface area contributed by atoms with E-state index in [2.05, 4.69) is 21.6 Å². The van der Waals surface area contributed by atoms with Crippen LogP contribution in [0.3, 0.4) is 0 Å². The fourth-order valence-corrected chi connectivity index (χ4v) is 3.71. The van der Waals surface area contributed by atoms with E-state index < -0.39 is 0 Å². The van der Waals surface area contributed by atoms with Crippen LogP contribution in [0.2, 0.25) is 0 Å². The summed E-state index contributed by atoms with van der Waals surface area (Å²) in [4.78, 5) is 14.4. The molecule has 8 heteroatoms. The number of benzene rings is 2. The Kier molecular flexibility index (Phi) is 7.48. The predicted molar refractivity (Wildman–Crippen MR) is 122 cm³/mol. The summed E-state index contributed by atoms with van der Waals surface area (Å²) in [5.74, 6) is 0.933. The van der Waals surface area contributed by atoms with E-state index in [0.29, 0.717) is 18.3 Å². The Morgan fingerprint density at radius 3 is 2.60 bits per heavy atom. The molecule has 1 heterocycles. The zero-order chi connectivity index (χ0) is 21.5. The molecule has 7 nitrogen and oxygen atoms in total. The molecule has 2 aromatic carbocycles. The zero-order valence-electron chi connectivity index (χ0n) is 17.8. The first kappa shape index (κ1) is 21.9. The van der Waals surface area contributed by atoms with Crippen LogP contribution >= 0.6 is 11.8 Å². The third-order valence-electron chi connectivity index (χ3n) is 4.51. The van der Waals surface area contributed by atoms with E-state index in [1.165, 1.54) is 11.8 Å². The second kappa shape index (κ2) is 10.3. The minimum absolute atomic E-state index is 0.0870. The van der Waals surface area contributed by atoms with Gasteiger partial charge in [0.1, 0.15) is 0 Å². The Hall–Kier alpha value is -2.84. The molecule has 3 rings (SSSR count). The molecule has 3 aromatic rings. The van der Waals surface area contributed by atoms with Gasteiger partial charge >= 0.3 is 0 Å². The van der Waals surface area contributed by atoms with Crippen molar-refractivity contribution in [2.75, 3.05) is 43.8 Å². The molecule has 0 spiro atoms. The predicted octanol–water partition coefficient (Wildman–Crippen LogP) is 3.70. The summed E-state index contributed by atoms with van der Waals surface area (Å²) < 4.78 is 7.25. The summed E-state index contributed by atoms with van der Waals surface area (Å²) in [6.45, 7) is 3.20. The molecular weight excluding hydrogens is 398 g/mol. The number of amides is 1. The van der Waals surface area contributed by atoms with Crippen molar-refractivity contribution in [3.05, 3.63) is 54.1 Å². The first-order valence-electron chi connectivity index (χ1n) is 9.67. The summed E-state index contributed by atoms with van der Waals surface area (Å²) in [7, 11) is 5.63. The second-order valence-corrected chi connectivity index (χ2v) is 8.04. The second-order valence-electron chi connectivity index (χ2n) is 7.10. The van der Waals surface area contributed by atoms with E-state index in [0.717, 1.165) is 28.3 Å². The number of carbonyl (C=O) groups excluding carboxylic acids is 1. The first-order valence-corrected chi connectivity index (χ1v) is 10.7. The van der Waals surface area contributed by atoms with Crippen LogP contribution in [0.15, 0.2) is 53.7 Å². The van der Waals surface area contributed by atoms with Crippen molar-refractivity contribution in [2.45, 2.75) is 18.6 Å². The molecule has 0 aliphatic rings. The summed E-state index contributed by atoms with van der Waals surface area (Å²) >= 11 is 1.37. The van der Waals surface area contributed by atoms with Crippen LogP contribution in [0, 0.1) is 6.92 Å². The van der Waals surface area contributed by atoms with E-state index in [4.69, 9.17) is 4.74 Å². The molecule has 0 radical (unpaired) electrons. The highest BCUT2D eigenvalue weighted by Gasteiger charge is 2.16. The van der Waals surface area contributed by atoms with Gasteiger partial charge in [0.25, 0.3) is 0 Å². The van der Waals surface area contributed by atoms with Crippen molar-refractivity contribution in [1.82, 2.24) is 14.8 Å². The Morgan fingerprint density at radius 1 is 1.17 bits per heavy atom. The molecule has 0 saturated carbocycles. The number of ether oxygens (including phenoxy) is 1. The van der Waals surface area contributed by atoms with Crippen molar-refractivity contribution in [1.29, 1.82) is 0 Å². The Balaban J connectivity index is 1.68. The summed E-state index contributed by atoms with van der Waals surface area (Å²) in [6.07, 6.45) is 0. The molecule has 30 heavy (non-hydrogen) atoms. The van der Waals surface area contributed by atoms with Crippen LogP contribution < -0.4 is 10.2 Å². The van der Waals surface area contributed by atoms with Gasteiger partial charge in [-0.1, -0.05) is 35.5 Å². The van der Waals surface area contributed by atoms with Gasteiger partial charge in [-0.25, -0.2) is 0 Å². The number of thioether (sulfide) groups is 1. The number of methoxy groups -OCH3 is 1. The van der Waals surface area contributed by atoms with Crippen LogP contribution in [-0.2, 0) is 16.1 Å². The van der Waals surface area contributed by atoms with Crippen LogP contribution in [0.5, 0.6) is 0 Å². The Labute approximate surface area is 181 Å². The van der Waals surface area contributed by atoms with Crippen molar-refractivity contribution in [2.24, 2.45) is 0 Å². The number of aromatic nitrogens is 3. The Morgan fingerprint density at radius 2 is 1.93 bits per heavy atom. The van der Waals surface area contributed by atoms with Gasteiger partial charge in [0, 0.05) is 38.1 Å². The van der Waals surface area contributed by atoms with Crippen LogP contribution in [0.1, 0.15) is 5.56 Å². The fourth-order valence-electron chi connectivity index (χ4n) is 2.95. The molecule has 1 amide bonds. The van der Waals surface area contributed by atoms with Gasteiger partial charge in [0.15, 0.2) is 11.0 Å². The SMILES string of the molecule is COCCn1c(SCC(=O)Nc2ccc(N(C)C)cc2)nnc1-c1cccc(C)c1. The summed E-state index contributed by atoms with van der Waals surface area (Å²) in [6, 6.07) is 15.9. The molecule has 1 N–H and O–H groups in total. The number of rotatable bonds is 9. The van der Waals surface area contributed by atoms with E-state index >= 15 is 0 Å². The Bertz CT molecular complexity index is 985. The lowest BCUT2D eigenvalue weighted by Crippen LogP contribution is -2.15. The van der Waals surface area contributed by atoms with Crippen LogP contribution in [0.25, 0.3) is 11.4 Å². The molecule has 0 atom stereocenters. The number of carbonyl (C=O) groups is 1. The highest BCUT2D eigenvalue weighted by molar-refractivity contribution is 7.99. The number of hydrogen-bond donors (Lipinski definition) is 1. The maximum absolute atomic E-state index is 12.4. The number of nitrogens with zero attached hydrogens (tertiary/aromatic N) is 4. The molecule has 158 valence electrons. The normalized spacial score (nSPS) is 10.8. The monoisotopic (exact) mass is 425 g/mol. The van der Waals surface area contributed by atoms with Gasteiger partial charge in [-0.05, 0) is 37.3 Å². The van der Waals surface area contributed by atoms with Gasteiger partial charge < -0.3 is 15.0 Å². The number of hydrogen-bond acceptors (Lipinski definition) is 6. The van der Waals surface area contributed by atoms with Gasteiger partial charge in [0.05, 0.1) is 18.9 Å². The third kappa shape index (κ3) is 5.61. The minimum atomic E-state index is -0.0870. The molecule has 0 saturated heterocycles. The van der Waals surface area contributed by atoms with Crippen LogP contribution in [-0.4, -0.2) is 54.2 Å². The highest BCUT2D eigenvalue weighted by atomic mass is 32.2. The maximum Gasteiger partial charge on any atom is 0.234 e. The standard InChI is InChI=1S/C22H27N5O2S/c1-16-6-5-7-17(14-16)21-24-25-22(27(21)12-13-29-4)30-15-20(28)23-18-8-10-19(11-9-18)26(2)3/h5-11,14H,12-13,15H2,1-4H3,(H,23,28). The summed E-state index contributed by atoms with van der Waals surface area (Å²) in [5, 5.41) is 12.3. The van der Waals surface area contributed by atoms with Gasteiger partial charge in [-0.3, -0.25) is 9.36 Å². The largest absolute Gasteiger partial charge is 0.383 e. The van der Waals surface area contributed by atoms with E-state index in [1.54, 1.807) is 7.11 Å². The topological polar surface area (TPSA) is 72.3 Å². The maximum atomic E-state index is 12.4. The molecule has 0 bridgehead atoms. The number of anilines is 2. The van der Waals surface area contributed by atoms with Gasteiger partial charge in [-0.15, -0.1) is 10.2 Å². The fraction of sp³-hybridized carbons (Fsp3) is 0.318. The molecule has 0 unspecified atom stereocenters. The highest BCUT2D eigenvalue weighted by Crippen LogP contribution is 2.25. The van der Waals surface area contributed by atoms with Crippen molar-refractivity contribution < 1.29 is 9.53 Å². The van der Waals surface area contributed by atoms with E-state index in [-0.39, 0.29) is 11.7 Å². The molecule has 0 aliphatic carbocycles. The average molecular weight is 426 g/mol. The van der Waals surface area contributed by atoms with Crippen molar-refractivity contribution >= 4 is 29.0 Å². The van der Waals surface area contributed by atoms with Crippen LogP contribution in [0.4, 0.5) is 11.4 Å².